The summed E-state index contributed by atoms with van der Waals surface area (Å²) >= 11 is 5.97. The molecule has 4 nitrogen and oxygen atoms in total. The minimum absolute atomic E-state index is 0.256. The third kappa shape index (κ3) is 2.81. The van der Waals surface area contributed by atoms with E-state index in [4.69, 9.17) is 11.6 Å². The second-order valence-electron chi connectivity index (χ2n) is 4.73. The number of hydrogen-bond donors (Lipinski definition) is 1. The smallest absolute Gasteiger partial charge is 0.137 e. The molecule has 0 radical (unpaired) electrons. The Balaban J connectivity index is 1.71. The van der Waals surface area contributed by atoms with E-state index in [9.17, 15) is 0 Å². The van der Waals surface area contributed by atoms with Gasteiger partial charge in [-0.05, 0) is 36.8 Å². The lowest BCUT2D eigenvalue weighted by atomic mass is 10.1. The van der Waals surface area contributed by atoms with Crippen LogP contribution in [0.25, 0.3) is 5.65 Å². The molecular weight excluding hydrogens is 272 g/mol. The van der Waals surface area contributed by atoms with E-state index >= 15 is 0 Å². The lowest BCUT2D eigenvalue weighted by Crippen LogP contribution is -2.18. The fourth-order valence-corrected chi connectivity index (χ4v) is 2.30. The zero-order chi connectivity index (χ0) is 13.9. The standard InChI is InChI=1S/C15H15ClN4/c1-11(12-4-6-17-7-5-12)18-8-14-10-20-9-13(16)2-3-15(20)19-14/h2-7,9-11,18H,8H2,1H3/t11-/m1/s1. The molecule has 1 N–H and O–H groups in total. The number of pyridine rings is 2. The van der Waals surface area contributed by atoms with E-state index in [1.54, 1.807) is 12.4 Å². The maximum atomic E-state index is 5.97. The number of nitrogens with zero attached hydrogens (tertiary/aromatic N) is 3. The fraction of sp³-hybridized carbons (Fsp3) is 0.200. The van der Waals surface area contributed by atoms with E-state index in [1.807, 2.05) is 41.1 Å². The van der Waals surface area contributed by atoms with E-state index in [-0.39, 0.29) is 6.04 Å². The van der Waals surface area contributed by atoms with Gasteiger partial charge in [-0.25, -0.2) is 4.98 Å². The van der Waals surface area contributed by atoms with Crippen LogP contribution in [0.15, 0.2) is 49.1 Å². The van der Waals surface area contributed by atoms with Crippen molar-refractivity contribution in [2.45, 2.75) is 19.5 Å². The van der Waals surface area contributed by atoms with Gasteiger partial charge in [0, 0.05) is 37.4 Å². The molecule has 0 saturated carbocycles. The van der Waals surface area contributed by atoms with Gasteiger partial charge < -0.3 is 9.72 Å². The molecule has 0 aromatic carbocycles. The summed E-state index contributed by atoms with van der Waals surface area (Å²) in [6, 6.07) is 8.05. The second-order valence-corrected chi connectivity index (χ2v) is 5.16. The highest BCUT2D eigenvalue weighted by Crippen LogP contribution is 2.14. The van der Waals surface area contributed by atoms with Crippen molar-refractivity contribution in [3.05, 3.63) is 65.3 Å². The minimum atomic E-state index is 0.256. The highest BCUT2D eigenvalue weighted by atomic mass is 35.5. The van der Waals surface area contributed by atoms with E-state index in [2.05, 4.69) is 22.2 Å². The molecule has 1 atom stereocenters. The molecule has 0 aliphatic heterocycles. The van der Waals surface area contributed by atoms with Gasteiger partial charge in [-0.2, -0.15) is 0 Å². The summed E-state index contributed by atoms with van der Waals surface area (Å²) in [5.74, 6) is 0. The first-order chi connectivity index (χ1) is 9.72. The van der Waals surface area contributed by atoms with Crippen LogP contribution in [0.2, 0.25) is 5.02 Å². The quantitative estimate of drug-likeness (QED) is 0.801. The molecule has 3 rings (SSSR count). The van der Waals surface area contributed by atoms with Crippen molar-refractivity contribution in [1.29, 1.82) is 0 Å². The third-order valence-electron chi connectivity index (χ3n) is 3.26. The van der Waals surface area contributed by atoms with Crippen LogP contribution in [0, 0.1) is 0 Å². The molecule has 102 valence electrons. The first-order valence-electron chi connectivity index (χ1n) is 6.49. The maximum Gasteiger partial charge on any atom is 0.137 e. The van der Waals surface area contributed by atoms with Gasteiger partial charge in [-0.3, -0.25) is 4.98 Å². The van der Waals surface area contributed by atoms with Crippen molar-refractivity contribution in [2.75, 3.05) is 0 Å². The van der Waals surface area contributed by atoms with Gasteiger partial charge in [-0.1, -0.05) is 11.6 Å². The van der Waals surface area contributed by atoms with Gasteiger partial charge in [0.1, 0.15) is 5.65 Å². The molecule has 3 aromatic heterocycles. The normalized spacial score (nSPS) is 12.7. The Labute approximate surface area is 122 Å². The molecule has 3 aromatic rings. The second kappa shape index (κ2) is 5.61. The van der Waals surface area contributed by atoms with Crippen LogP contribution in [0.1, 0.15) is 24.2 Å². The minimum Gasteiger partial charge on any atom is -0.305 e. The number of imidazole rings is 1. The number of rotatable bonds is 4. The van der Waals surface area contributed by atoms with Crippen LogP contribution in [0.4, 0.5) is 0 Å². The van der Waals surface area contributed by atoms with Crippen LogP contribution in [-0.2, 0) is 6.54 Å². The zero-order valence-corrected chi connectivity index (χ0v) is 11.9. The lowest BCUT2D eigenvalue weighted by Gasteiger charge is -2.12. The SMILES string of the molecule is C[C@@H](NCc1cn2cc(Cl)ccc2n1)c1ccncc1. The first kappa shape index (κ1) is 13.1. The molecule has 0 bridgehead atoms. The van der Waals surface area contributed by atoms with Gasteiger partial charge >= 0.3 is 0 Å². The highest BCUT2D eigenvalue weighted by Gasteiger charge is 2.06. The van der Waals surface area contributed by atoms with Crippen molar-refractivity contribution in [1.82, 2.24) is 19.7 Å². The summed E-state index contributed by atoms with van der Waals surface area (Å²) in [4.78, 5) is 8.58. The van der Waals surface area contributed by atoms with Crippen LogP contribution in [0.5, 0.6) is 0 Å². The predicted molar refractivity (Wildman–Crippen MR) is 79.7 cm³/mol. The Bertz CT molecular complexity index is 708. The van der Waals surface area contributed by atoms with Crippen LogP contribution in [-0.4, -0.2) is 14.4 Å². The van der Waals surface area contributed by atoms with Crippen LogP contribution in [0.3, 0.4) is 0 Å². The van der Waals surface area contributed by atoms with Crippen molar-refractivity contribution >= 4 is 17.2 Å². The molecule has 3 heterocycles. The van der Waals surface area contributed by atoms with Gasteiger partial charge in [0.2, 0.25) is 0 Å². The Hall–Kier alpha value is -1.91. The van der Waals surface area contributed by atoms with Gasteiger partial charge in [0.15, 0.2) is 0 Å². The highest BCUT2D eigenvalue weighted by molar-refractivity contribution is 6.30. The number of hydrogen-bond acceptors (Lipinski definition) is 3. The molecule has 0 spiro atoms. The topological polar surface area (TPSA) is 42.2 Å². The molecule has 0 fully saturated rings. The summed E-state index contributed by atoms with van der Waals surface area (Å²) < 4.78 is 1.94. The maximum absolute atomic E-state index is 5.97. The molecule has 0 unspecified atom stereocenters. The number of fused-ring (bicyclic) bond motifs is 1. The van der Waals surface area contributed by atoms with Gasteiger partial charge in [0.05, 0.1) is 10.7 Å². The van der Waals surface area contributed by atoms with E-state index < -0.39 is 0 Å². The molecule has 0 aliphatic carbocycles. The monoisotopic (exact) mass is 286 g/mol. The van der Waals surface area contributed by atoms with Crippen molar-refractivity contribution in [3.8, 4) is 0 Å². The summed E-state index contributed by atoms with van der Waals surface area (Å²) in [5, 5.41) is 4.16. The Kier molecular flexibility index (Phi) is 3.67. The van der Waals surface area contributed by atoms with Crippen molar-refractivity contribution < 1.29 is 0 Å². The lowest BCUT2D eigenvalue weighted by molar-refractivity contribution is 0.568. The largest absolute Gasteiger partial charge is 0.305 e. The van der Waals surface area contributed by atoms with Gasteiger partial charge in [0.25, 0.3) is 0 Å². The van der Waals surface area contributed by atoms with Crippen LogP contribution >= 0.6 is 11.6 Å². The van der Waals surface area contributed by atoms with Crippen molar-refractivity contribution in [2.24, 2.45) is 0 Å². The average Bonchev–Trinajstić information content (AvgIpc) is 2.87. The molecule has 5 heteroatoms. The average molecular weight is 287 g/mol. The number of halogens is 1. The molecule has 0 amide bonds. The van der Waals surface area contributed by atoms with E-state index in [0.717, 1.165) is 11.3 Å². The summed E-state index contributed by atoms with van der Waals surface area (Å²) in [7, 11) is 0. The van der Waals surface area contributed by atoms with Crippen LogP contribution < -0.4 is 5.32 Å². The molecule has 0 saturated heterocycles. The summed E-state index contributed by atoms with van der Waals surface area (Å²) in [5.41, 5.74) is 3.11. The Morgan fingerprint density at radius 1 is 1.20 bits per heavy atom. The van der Waals surface area contributed by atoms with Gasteiger partial charge in [-0.15, -0.1) is 0 Å². The third-order valence-corrected chi connectivity index (χ3v) is 3.48. The molecule has 0 aliphatic rings. The zero-order valence-electron chi connectivity index (χ0n) is 11.1. The summed E-state index contributed by atoms with van der Waals surface area (Å²) in [6.45, 7) is 2.84. The van der Waals surface area contributed by atoms with E-state index in [0.29, 0.717) is 11.6 Å². The Morgan fingerprint density at radius 3 is 2.80 bits per heavy atom. The fourth-order valence-electron chi connectivity index (χ4n) is 2.13. The Morgan fingerprint density at radius 2 is 2.00 bits per heavy atom. The van der Waals surface area contributed by atoms with Crippen molar-refractivity contribution in [3.63, 3.8) is 0 Å². The predicted octanol–water partition coefficient (Wildman–Crippen LogP) is 3.23. The molecular formula is C15H15ClN4. The number of nitrogens with one attached hydrogen (secondary N) is 1. The molecule has 20 heavy (non-hydrogen) atoms. The number of aromatic nitrogens is 3. The summed E-state index contributed by atoms with van der Waals surface area (Å²) in [6.07, 6.45) is 7.47. The van der Waals surface area contributed by atoms with E-state index in [1.165, 1.54) is 5.56 Å². The first-order valence-corrected chi connectivity index (χ1v) is 6.86.